The molecule has 1 atom stereocenters. The van der Waals surface area contributed by atoms with Crippen molar-refractivity contribution in [1.29, 1.82) is 5.26 Å². The smallest absolute Gasteiger partial charge is 0.271 e. The molecule has 0 aromatic carbocycles. The fourth-order valence-electron chi connectivity index (χ4n) is 1.51. The number of nitrogens with zero attached hydrogens (tertiary/aromatic N) is 3. The first-order valence-electron chi connectivity index (χ1n) is 4.71. The molecule has 1 aliphatic heterocycles. The van der Waals surface area contributed by atoms with E-state index in [2.05, 4.69) is 9.97 Å². The molecule has 7 heteroatoms. The molecule has 0 radical (unpaired) electrons. The molecular formula is C9H9ClN4O2. The van der Waals surface area contributed by atoms with E-state index in [0.29, 0.717) is 25.5 Å². The van der Waals surface area contributed by atoms with Crippen molar-refractivity contribution >= 4 is 17.4 Å². The average Bonchev–Trinajstić information content (AvgIpc) is 2.33. The van der Waals surface area contributed by atoms with Crippen LogP contribution in [0.5, 0.6) is 0 Å². The van der Waals surface area contributed by atoms with Crippen molar-refractivity contribution in [2.75, 3.05) is 24.6 Å². The molecule has 1 unspecified atom stereocenters. The second kappa shape index (κ2) is 4.51. The number of hydrogen-bond donors (Lipinski definition) is 1. The monoisotopic (exact) mass is 240 g/mol. The van der Waals surface area contributed by atoms with Gasteiger partial charge in [0.15, 0.2) is 11.9 Å². The Morgan fingerprint density at radius 2 is 2.56 bits per heavy atom. The quantitative estimate of drug-likeness (QED) is 0.756. The van der Waals surface area contributed by atoms with Gasteiger partial charge in [0.25, 0.3) is 5.56 Å². The van der Waals surface area contributed by atoms with E-state index in [1.165, 1.54) is 6.33 Å². The van der Waals surface area contributed by atoms with Crippen molar-refractivity contribution in [1.82, 2.24) is 9.97 Å². The fraction of sp³-hybridized carbons (Fsp3) is 0.444. The Hall–Kier alpha value is -1.58. The van der Waals surface area contributed by atoms with Gasteiger partial charge >= 0.3 is 0 Å². The molecule has 6 nitrogen and oxygen atoms in total. The molecule has 1 saturated heterocycles. The highest BCUT2D eigenvalue weighted by molar-refractivity contribution is 6.32. The van der Waals surface area contributed by atoms with E-state index >= 15 is 0 Å². The van der Waals surface area contributed by atoms with Gasteiger partial charge in [0, 0.05) is 6.54 Å². The van der Waals surface area contributed by atoms with Gasteiger partial charge in [-0.05, 0) is 0 Å². The van der Waals surface area contributed by atoms with Gasteiger partial charge in [-0.1, -0.05) is 11.6 Å². The normalized spacial score (nSPS) is 20.5. The number of anilines is 1. The lowest BCUT2D eigenvalue weighted by Gasteiger charge is -2.30. The van der Waals surface area contributed by atoms with Crippen LogP contribution in [0.15, 0.2) is 11.1 Å². The van der Waals surface area contributed by atoms with Crippen molar-refractivity contribution in [2.24, 2.45) is 0 Å². The average molecular weight is 241 g/mol. The second-order valence-electron chi connectivity index (χ2n) is 3.30. The number of aromatic amines is 1. The van der Waals surface area contributed by atoms with Crippen LogP contribution < -0.4 is 10.5 Å². The van der Waals surface area contributed by atoms with Crippen LogP contribution in [0.4, 0.5) is 5.82 Å². The van der Waals surface area contributed by atoms with Gasteiger partial charge < -0.3 is 14.6 Å². The van der Waals surface area contributed by atoms with Gasteiger partial charge in [-0.3, -0.25) is 4.79 Å². The van der Waals surface area contributed by atoms with Crippen molar-refractivity contribution in [3.63, 3.8) is 0 Å². The summed E-state index contributed by atoms with van der Waals surface area (Å²) in [5, 5.41) is 8.80. The molecule has 2 heterocycles. The number of ether oxygens (including phenoxy) is 1. The highest BCUT2D eigenvalue weighted by Crippen LogP contribution is 2.20. The third-order valence-corrected chi connectivity index (χ3v) is 2.63. The molecule has 1 aromatic heterocycles. The maximum absolute atomic E-state index is 11.3. The summed E-state index contributed by atoms with van der Waals surface area (Å²) in [6.07, 6.45) is 0.784. The van der Waals surface area contributed by atoms with E-state index in [4.69, 9.17) is 21.6 Å². The topological polar surface area (TPSA) is 82.0 Å². The number of H-pyrrole nitrogens is 1. The maximum Gasteiger partial charge on any atom is 0.271 e. The molecule has 2 rings (SSSR count). The number of rotatable bonds is 1. The Morgan fingerprint density at radius 3 is 3.31 bits per heavy atom. The van der Waals surface area contributed by atoms with Gasteiger partial charge in [0.1, 0.15) is 5.02 Å². The zero-order valence-electron chi connectivity index (χ0n) is 8.31. The number of halogens is 1. The first-order chi connectivity index (χ1) is 7.72. The molecule has 1 aromatic rings. The van der Waals surface area contributed by atoms with E-state index in [1.54, 1.807) is 4.90 Å². The van der Waals surface area contributed by atoms with Crippen molar-refractivity contribution in [3.8, 4) is 6.07 Å². The molecule has 84 valence electrons. The van der Waals surface area contributed by atoms with Gasteiger partial charge in [-0.25, -0.2) is 4.98 Å². The van der Waals surface area contributed by atoms with Gasteiger partial charge in [-0.15, -0.1) is 0 Å². The van der Waals surface area contributed by atoms with Crippen LogP contribution in [0, 0.1) is 11.3 Å². The minimum atomic E-state index is -0.508. The highest BCUT2D eigenvalue weighted by Gasteiger charge is 2.23. The Bertz CT molecular complexity index is 481. The van der Waals surface area contributed by atoms with E-state index in [0.717, 1.165) is 0 Å². The predicted octanol–water partition coefficient (Wildman–Crippen LogP) is 0.152. The van der Waals surface area contributed by atoms with E-state index < -0.39 is 6.10 Å². The largest absolute Gasteiger partial charge is 0.360 e. The van der Waals surface area contributed by atoms with Gasteiger partial charge in [0.2, 0.25) is 0 Å². The molecule has 1 fully saturated rings. The number of morpholine rings is 1. The Labute approximate surface area is 96.4 Å². The van der Waals surface area contributed by atoms with E-state index in [-0.39, 0.29) is 10.6 Å². The number of aromatic nitrogens is 2. The fourth-order valence-corrected chi connectivity index (χ4v) is 1.74. The van der Waals surface area contributed by atoms with Crippen molar-refractivity contribution < 1.29 is 4.74 Å². The molecule has 1 N–H and O–H groups in total. The predicted molar refractivity (Wildman–Crippen MR) is 57.4 cm³/mol. The molecular weight excluding hydrogens is 232 g/mol. The van der Waals surface area contributed by atoms with E-state index in [1.807, 2.05) is 6.07 Å². The lowest BCUT2D eigenvalue weighted by atomic mass is 10.3. The van der Waals surface area contributed by atoms with Crippen LogP contribution in [0.25, 0.3) is 0 Å². The van der Waals surface area contributed by atoms with Crippen LogP contribution in [0.3, 0.4) is 0 Å². The van der Waals surface area contributed by atoms with Crippen LogP contribution >= 0.6 is 11.6 Å². The summed E-state index contributed by atoms with van der Waals surface area (Å²) in [7, 11) is 0. The molecule has 1 aliphatic rings. The first kappa shape index (κ1) is 10.9. The van der Waals surface area contributed by atoms with Crippen molar-refractivity contribution in [3.05, 3.63) is 21.7 Å². The van der Waals surface area contributed by atoms with Gasteiger partial charge in [0.05, 0.1) is 25.5 Å². The summed E-state index contributed by atoms with van der Waals surface area (Å²) in [5.41, 5.74) is -0.383. The van der Waals surface area contributed by atoms with E-state index in [9.17, 15) is 4.79 Å². The number of nitrogens with one attached hydrogen (secondary N) is 1. The van der Waals surface area contributed by atoms with Crippen LogP contribution in [-0.2, 0) is 4.74 Å². The summed E-state index contributed by atoms with van der Waals surface area (Å²) in [6.45, 7) is 1.35. The summed E-state index contributed by atoms with van der Waals surface area (Å²) >= 11 is 5.85. The third kappa shape index (κ3) is 2.01. The summed E-state index contributed by atoms with van der Waals surface area (Å²) in [4.78, 5) is 19.4. The van der Waals surface area contributed by atoms with Crippen LogP contribution in [-0.4, -0.2) is 35.8 Å². The zero-order chi connectivity index (χ0) is 11.5. The van der Waals surface area contributed by atoms with Crippen molar-refractivity contribution in [2.45, 2.75) is 6.10 Å². The Kier molecular flexibility index (Phi) is 3.08. The molecule has 0 aliphatic carbocycles. The first-order valence-corrected chi connectivity index (χ1v) is 5.09. The summed E-state index contributed by atoms with van der Waals surface area (Å²) < 4.78 is 5.19. The number of nitriles is 1. The SMILES string of the molecule is N#CC1CN(c2nc[nH]c(=O)c2Cl)CCO1. The molecule has 16 heavy (non-hydrogen) atoms. The molecule has 0 saturated carbocycles. The summed E-state index contributed by atoms with van der Waals surface area (Å²) in [5.74, 6) is 0.397. The minimum Gasteiger partial charge on any atom is -0.360 e. The standard InChI is InChI=1S/C9H9ClN4O2/c10-7-8(12-5-13-9(7)15)14-1-2-16-6(3-11)4-14/h5-6H,1-2,4H2,(H,12,13,15). The Balaban J connectivity index is 2.27. The molecule has 0 bridgehead atoms. The Morgan fingerprint density at radius 1 is 1.75 bits per heavy atom. The number of hydrogen-bond acceptors (Lipinski definition) is 5. The zero-order valence-corrected chi connectivity index (χ0v) is 9.07. The lowest BCUT2D eigenvalue weighted by Crippen LogP contribution is -2.42. The maximum atomic E-state index is 11.3. The molecule has 0 amide bonds. The minimum absolute atomic E-state index is 0.0427. The summed E-state index contributed by atoms with van der Waals surface area (Å²) in [6, 6.07) is 2.02. The molecule has 0 spiro atoms. The van der Waals surface area contributed by atoms with Gasteiger partial charge in [-0.2, -0.15) is 5.26 Å². The third-order valence-electron chi connectivity index (χ3n) is 2.29. The van der Waals surface area contributed by atoms with Crippen LogP contribution in [0.2, 0.25) is 5.02 Å². The highest BCUT2D eigenvalue weighted by atomic mass is 35.5. The lowest BCUT2D eigenvalue weighted by molar-refractivity contribution is 0.0761. The second-order valence-corrected chi connectivity index (χ2v) is 3.68. The van der Waals surface area contributed by atoms with Crippen LogP contribution in [0.1, 0.15) is 0 Å².